The number of aliphatic hydroxyl groups is 2. The third kappa shape index (κ3) is 5.31. The van der Waals surface area contributed by atoms with Crippen LogP contribution in [0.25, 0.3) is 0 Å². The largest absolute Gasteiger partial charge is 0.392 e. The van der Waals surface area contributed by atoms with Crippen LogP contribution in [0.3, 0.4) is 0 Å². The van der Waals surface area contributed by atoms with Gasteiger partial charge < -0.3 is 15.9 Å². The van der Waals surface area contributed by atoms with Crippen LogP contribution in [0.1, 0.15) is 56.6 Å². The summed E-state index contributed by atoms with van der Waals surface area (Å²) >= 11 is 0. The Labute approximate surface area is 164 Å². The molecule has 148 valence electrons. The first kappa shape index (κ1) is 20.3. The van der Waals surface area contributed by atoms with E-state index in [1.807, 2.05) is 6.08 Å². The highest BCUT2D eigenvalue weighted by molar-refractivity contribution is 5.30. The molecular formula is C24H35NO2. The van der Waals surface area contributed by atoms with Gasteiger partial charge >= 0.3 is 0 Å². The van der Waals surface area contributed by atoms with E-state index < -0.39 is 0 Å². The summed E-state index contributed by atoms with van der Waals surface area (Å²) in [4.78, 5) is 0. The van der Waals surface area contributed by atoms with E-state index in [9.17, 15) is 10.2 Å². The Morgan fingerprint density at radius 2 is 1.93 bits per heavy atom. The lowest BCUT2D eigenvalue weighted by molar-refractivity contribution is 0.139. The smallest absolute Gasteiger partial charge is 0.0721 e. The van der Waals surface area contributed by atoms with E-state index in [0.29, 0.717) is 18.4 Å². The maximum absolute atomic E-state index is 10.5. The summed E-state index contributed by atoms with van der Waals surface area (Å²) in [6.45, 7) is 2.76. The Hall–Kier alpha value is -1.42. The summed E-state index contributed by atoms with van der Waals surface area (Å²) < 4.78 is 0. The Morgan fingerprint density at radius 1 is 1.19 bits per heavy atom. The van der Waals surface area contributed by atoms with E-state index in [1.165, 1.54) is 29.5 Å². The van der Waals surface area contributed by atoms with Crippen LogP contribution in [0, 0.1) is 17.8 Å². The molecule has 0 amide bonds. The average molecular weight is 370 g/mol. The van der Waals surface area contributed by atoms with Gasteiger partial charge in [0, 0.05) is 12.5 Å². The molecule has 2 aliphatic carbocycles. The standard InChI is InChI=1S/C24H35NO2/c1-2-3-4-5-21(26)10-11-22-23-14-19(13-20(23)15-24(22)27)12-17-6-8-18(16-25)9-7-17/h6-11,13,20-24,26-27H,2-5,12,14-16,25H2,1H3/b11-10+/t20-,21-,22+,23-,24+/m0/s1. The van der Waals surface area contributed by atoms with Crippen molar-refractivity contribution in [2.24, 2.45) is 23.5 Å². The average Bonchev–Trinajstić information content (AvgIpc) is 3.17. The lowest BCUT2D eigenvalue weighted by Gasteiger charge is -2.19. The van der Waals surface area contributed by atoms with Crippen LogP contribution in [-0.4, -0.2) is 22.4 Å². The van der Waals surface area contributed by atoms with Crippen molar-refractivity contribution in [1.82, 2.24) is 0 Å². The Bertz CT molecular complexity index is 649. The van der Waals surface area contributed by atoms with E-state index >= 15 is 0 Å². The second-order valence-corrected chi connectivity index (χ2v) is 8.38. The normalized spacial score (nSPS) is 28.5. The van der Waals surface area contributed by atoms with Gasteiger partial charge in [-0.05, 0) is 48.6 Å². The van der Waals surface area contributed by atoms with Crippen LogP contribution in [0.2, 0.25) is 0 Å². The fourth-order valence-electron chi connectivity index (χ4n) is 4.75. The third-order valence-corrected chi connectivity index (χ3v) is 6.30. The molecule has 5 atom stereocenters. The first-order valence-corrected chi connectivity index (χ1v) is 10.6. The maximum Gasteiger partial charge on any atom is 0.0721 e. The van der Waals surface area contributed by atoms with Gasteiger partial charge in [0.15, 0.2) is 0 Å². The van der Waals surface area contributed by atoms with Crippen molar-refractivity contribution in [3.8, 4) is 0 Å². The van der Waals surface area contributed by atoms with Crippen molar-refractivity contribution in [3.63, 3.8) is 0 Å². The van der Waals surface area contributed by atoms with Gasteiger partial charge in [-0.15, -0.1) is 0 Å². The number of benzene rings is 1. The van der Waals surface area contributed by atoms with Gasteiger partial charge in [0.05, 0.1) is 12.2 Å². The molecule has 0 radical (unpaired) electrons. The van der Waals surface area contributed by atoms with Gasteiger partial charge in [0.1, 0.15) is 0 Å². The fraction of sp³-hybridized carbons (Fsp3) is 0.583. The summed E-state index contributed by atoms with van der Waals surface area (Å²) in [6.07, 6.45) is 12.9. The molecule has 4 N–H and O–H groups in total. The monoisotopic (exact) mass is 369 g/mol. The maximum atomic E-state index is 10.5. The molecule has 0 unspecified atom stereocenters. The predicted molar refractivity (Wildman–Crippen MR) is 111 cm³/mol. The second kappa shape index (κ2) is 9.68. The topological polar surface area (TPSA) is 66.5 Å². The highest BCUT2D eigenvalue weighted by atomic mass is 16.3. The zero-order valence-electron chi connectivity index (χ0n) is 16.6. The minimum absolute atomic E-state index is 0.171. The van der Waals surface area contributed by atoms with Gasteiger partial charge in [0.2, 0.25) is 0 Å². The van der Waals surface area contributed by atoms with Crippen molar-refractivity contribution in [3.05, 3.63) is 59.2 Å². The number of rotatable bonds is 9. The SMILES string of the molecule is CCCCC[C@H](O)/C=C/[C@@H]1[C@H]2CC(Cc3ccc(CN)cc3)=C[C@H]2C[C@H]1O. The minimum atomic E-state index is -0.377. The van der Waals surface area contributed by atoms with Gasteiger partial charge in [-0.25, -0.2) is 0 Å². The number of hydrogen-bond donors (Lipinski definition) is 3. The number of aliphatic hydroxyl groups excluding tert-OH is 2. The molecule has 0 aromatic heterocycles. The van der Waals surface area contributed by atoms with Crippen molar-refractivity contribution < 1.29 is 10.2 Å². The summed E-state index contributed by atoms with van der Waals surface area (Å²) in [5.74, 6) is 1.13. The molecule has 1 fully saturated rings. The van der Waals surface area contributed by atoms with E-state index in [0.717, 1.165) is 32.1 Å². The van der Waals surface area contributed by atoms with Crippen LogP contribution in [0.4, 0.5) is 0 Å². The Morgan fingerprint density at radius 3 is 2.63 bits per heavy atom. The van der Waals surface area contributed by atoms with Gasteiger partial charge in [-0.2, -0.15) is 0 Å². The number of allylic oxidation sites excluding steroid dienone is 2. The van der Waals surface area contributed by atoms with Crippen LogP contribution >= 0.6 is 0 Å². The van der Waals surface area contributed by atoms with Gasteiger partial charge in [0.25, 0.3) is 0 Å². The Kier molecular flexibility index (Phi) is 7.28. The molecule has 3 heteroatoms. The molecule has 27 heavy (non-hydrogen) atoms. The molecule has 0 saturated heterocycles. The van der Waals surface area contributed by atoms with E-state index in [-0.39, 0.29) is 18.1 Å². The molecule has 1 saturated carbocycles. The first-order chi connectivity index (χ1) is 13.1. The number of nitrogens with two attached hydrogens (primary N) is 1. The zero-order chi connectivity index (χ0) is 19.2. The third-order valence-electron chi connectivity index (χ3n) is 6.30. The Balaban J connectivity index is 1.55. The van der Waals surface area contributed by atoms with E-state index in [2.05, 4.69) is 43.3 Å². The number of hydrogen-bond acceptors (Lipinski definition) is 3. The van der Waals surface area contributed by atoms with Crippen LogP contribution in [-0.2, 0) is 13.0 Å². The van der Waals surface area contributed by atoms with Gasteiger partial charge in [-0.3, -0.25) is 0 Å². The molecule has 1 aromatic carbocycles. The van der Waals surface area contributed by atoms with Crippen molar-refractivity contribution >= 4 is 0 Å². The van der Waals surface area contributed by atoms with E-state index in [1.54, 1.807) is 0 Å². The molecular weight excluding hydrogens is 334 g/mol. The first-order valence-electron chi connectivity index (χ1n) is 10.6. The molecule has 1 aromatic rings. The second-order valence-electron chi connectivity index (χ2n) is 8.38. The summed E-state index contributed by atoms with van der Waals surface area (Å²) in [5, 5.41) is 20.6. The summed E-state index contributed by atoms with van der Waals surface area (Å²) in [6, 6.07) is 8.58. The highest BCUT2D eigenvalue weighted by Crippen LogP contribution is 2.47. The van der Waals surface area contributed by atoms with Crippen molar-refractivity contribution in [2.45, 2.75) is 70.6 Å². The molecule has 0 bridgehead atoms. The zero-order valence-corrected chi connectivity index (χ0v) is 16.6. The van der Waals surface area contributed by atoms with Crippen LogP contribution in [0.15, 0.2) is 48.1 Å². The molecule has 0 heterocycles. The fourth-order valence-corrected chi connectivity index (χ4v) is 4.75. The number of unbranched alkanes of at least 4 members (excludes halogenated alkanes) is 2. The molecule has 2 aliphatic rings. The van der Waals surface area contributed by atoms with E-state index in [4.69, 9.17) is 5.73 Å². The summed E-state index contributed by atoms with van der Waals surface area (Å²) in [5.41, 5.74) is 9.66. The summed E-state index contributed by atoms with van der Waals surface area (Å²) in [7, 11) is 0. The van der Waals surface area contributed by atoms with Gasteiger partial charge in [-0.1, -0.05) is 74.3 Å². The molecule has 0 aliphatic heterocycles. The van der Waals surface area contributed by atoms with Crippen LogP contribution < -0.4 is 5.73 Å². The molecule has 0 spiro atoms. The molecule has 3 rings (SSSR count). The lowest BCUT2D eigenvalue weighted by atomic mass is 9.88. The molecule has 3 nitrogen and oxygen atoms in total. The number of fused-ring (bicyclic) bond motifs is 1. The highest BCUT2D eigenvalue weighted by Gasteiger charge is 2.43. The van der Waals surface area contributed by atoms with Crippen LogP contribution in [0.5, 0.6) is 0 Å². The van der Waals surface area contributed by atoms with Crippen molar-refractivity contribution in [1.29, 1.82) is 0 Å². The van der Waals surface area contributed by atoms with Crippen molar-refractivity contribution in [2.75, 3.05) is 0 Å². The predicted octanol–water partition coefficient (Wildman–Crippen LogP) is 4.13. The minimum Gasteiger partial charge on any atom is -0.392 e. The quantitative estimate of drug-likeness (QED) is 0.453. The lowest BCUT2D eigenvalue weighted by Crippen LogP contribution is -2.18.